The van der Waals surface area contributed by atoms with Crippen molar-refractivity contribution < 1.29 is 4.57 Å². The van der Waals surface area contributed by atoms with Crippen LogP contribution in [0.3, 0.4) is 0 Å². The highest BCUT2D eigenvalue weighted by Crippen LogP contribution is 2.14. The molecule has 1 aliphatic heterocycles. The molecule has 0 N–H and O–H groups in total. The van der Waals surface area contributed by atoms with Crippen molar-refractivity contribution in [3.05, 3.63) is 30.9 Å². The second-order valence-electron chi connectivity index (χ2n) is 2.78. The molecule has 0 bridgehead atoms. The highest BCUT2D eigenvalue weighted by molar-refractivity contribution is 5.40. The Kier molecular flexibility index (Phi) is 0.935. The lowest BCUT2D eigenvalue weighted by atomic mass is 10.5. The van der Waals surface area contributed by atoms with E-state index >= 15 is 0 Å². The minimum Gasteiger partial charge on any atom is -0.287 e. The van der Waals surface area contributed by atoms with Crippen LogP contribution in [0.25, 0.3) is 11.6 Å². The summed E-state index contributed by atoms with van der Waals surface area (Å²) < 4.78 is 4.14. The van der Waals surface area contributed by atoms with Gasteiger partial charge in [0.1, 0.15) is 6.20 Å². The standard InChI is InChI=1S/C8H7N4/c1-2-9-7-8-10-3-5-12(8)6-11(7)4-1/h1-5H,6H2/q+1. The summed E-state index contributed by atoms with van der Waals surface area (Å²) in [5, 5.41) is 0. The van der Waals surface area contributed by atoms with Crippen LogP contribution >= 0.6 is 0 Å². The summed E-state index contributed by atoms with van der Waals surface area (Å²) in [5.41, 5.74) is 0. The molecular weight excluding hydrogens is 152 g/mol. The van der Waals surface area contributed by atoms with Crippen molar-refractivity contribution in [3.63, 3.8) is 0 Å². The van der Waals surface area contributed by atoms with Crippen molar-refractivity contribution in [1.82, 2.24) is 14.5 Å². The molecule has 0 saturated heterocycles. The molecule has 0 unspecified atom stereocenters. The average Bonchev–Trinajstić information content (AvgIpc) is 2.62. The van der Waals surface area contributed by atoms with Crippen molar-refractivity contribution in [1.29, 1.82) is 0 Å². The van der Waals surface area contributed by atoms with Gasteiger partial charge in [0, 0.05) is 18.5 Å². The van der Waals surface area contributed by atoms with Crippen LogP contribution in [-0.2, 0) is 6.67 Å². The molecule has 0 atom stereocenters. The Labute approximate surface area is 69.1 Å². The minimum atomic E-state index is 0.832. The van der Waals surface area contributed by atoms with Gasteiger partial charge in [-0.1, -0.05) is 0 Å². The largest absolute Gasteiger partial charge is 0.367 e. The van der Waals surface area contributed by atoms with Gasteiger partial charge < -0.3 is 0 Å². The van der Waals surface area contributed by atoms with Crippen molar-refractivity contribution in [3.8, 4) is 11.6 Å². The topological polar surface area (TPSA) is 34.6 Å². The van der Waals surface area contributed by atoms with E-state index in [0.717, 1.165) is 18.3 Å². The molecule has 0 radical (unpaired) electrons. The van der Waals surface area contributed by atoms with Crippen LogP contribution in [0.1, 0.15) is 0 Å². The first-order valence-corrected chi connectivity index (χ1v) is 3.81. The van der Waals surface area contributed by atoms with Crippen molar-refractivity contribution in [2.75, 3.05) is 0 Å². The highest BCUT2D eigenvalue weighted by atomic mass is 15.3. The van der Waals surface area contributed by atoms with E-state index in [1.54, 1.807) is 12.4 Å². The van der Waals surface area contributed by atoms with Gasteiger partial charge >= 0.3 is 5.82 Å². The van der Waals surface area contributed by atoms with E-state index in [1.165, 1.54) is 0 Å². The second kappa shape index (κ2) is 1.91. The highest BCUT2D eigenvalue weighted by Gasteiger charge is 2.26. The Morgan fingerprint density at radius 2 is 2.33 bits per heavy atom. The summed E-state index contributed by atoms with van der Waals surface area (Å²) >= 11 is 0. The molecule has 0 fully saturated rings. The lowest BCUT2D eigenvalue weighted by molar-refractivity contribution is -0.685. The Balaban J connectivity index is 2.34. The number of nitrogens with zero attached hydrogens (tertiary/aromatic N) is 4. The van der Waals surface area contributed by atoms with Gasteiger partial charge in [0.05, 0.1) is 6.20 Å². The molecule has 1 aliphatic rings. The molecule has 2 aromatic heterocycles. The molecule has 3 rings (SSSR count). The van der Waals surface area contributed by atoms with Crippen LogP contribution in [0.2, 0.25) is 0 Å². The molecule has 0 amide bonds. The molecule has 58 valence electrons. The fourth-order valence-corrected chi connectivity index (χ4v) is 1.49. The van der Waals surface area contributed by atoms with E-state index in [-0.39, 0.29) is 0 Å². The maximum Gasteiger partial charge on any atom is 0.367 e. The van der Waals surface area contributed by atoms with E-state index in [9.17, 15) is 0 Å². The van der Waals surface area contributed by atoms with Gasteiger partial charge in [-0.25, -0.2) is 9.55 Å². The first-order chi connectivity index (χ1) is 5.95. The molecule has 4 heteroatoms. The maximum absolute atomic E-state index is 4.25. The number of hydrogen-bond donors (Lipinski definition) is 0. The molecule has 3 heterocycles. The fourth-order valence-electron chi connectivity index (χ4n) is 1.49. The van der Waals surface area contributed by atoms with E-state index in [2.05, 4.69) is 19.1 Å². The summed E-state index contributed by atoms with van der Waals surface area (Å²) in [6, 6.07) is 1.93. The van der Waals surface area contributed by atoms with E-state index in [1.807, 2.05) is 18.5 Å². The first kappa shape index (κ1) is 5.88. The Bertz CT molecular complexity index is 432. The van der Waals surface area contributed by atoms with Crippen LogP contribution in [0, 0.1) is 0 Å². The van der Waals surface area contributed by atoms with Crippen molar-refractivity contribution >= 4 is 0 Å². The summed E-state index contributed by atoms with van der Waals surface area (Å²) in [7, 11) is 0. The zero-order valence-corrected chi connectivity index (χ0v) is 6.38. The number of rotatable bonds is 0. The van der Waals surface area contributed by atoms with Gasteiger partial charge in [0.25, 0.3) is 0 Å². The van der Waals surface area contributed by atoms with Gasteiger partial charge in [0.2, 0.25) is 5.82 Å². The quantitative estimate of drug-likeness (QED) is 0.434. The second-order valence-corrected chi connectivity index (χ2v) is 2.78. The van der Waals surface area contributed by atoms with Crippen LogP contribution in [0.5, 0.6) is 0 Å². The maximum atomic E-state index is 4.25. The van der Waals surface area contributed by atoms with Crippen LogP contribution in [-0.4, -0.2) is 14.5 Å². The predicted molar refractivity (Wildman–Crippen MR) is 41.1 cm³/mol. The third-order valence-corrected chi connectivity index (χ3v) is 2.04. The Morgan fingerprint density at radius 3 is 3.33 bits per heavy atom. The van der Waals surface area contributed by atoms with Crippen LogP contribution in [0.15, 0.2) is 30.9 Å². The normalized spacial score (nSPS) is 12.7. The first-order valence-electron chi connectivity index (χ1n) is 3.81. The lowest BCUT2D eigenvalue weighted by Crippen LogP contribution is -2.33. The average molecular weight is 159 g/mol. The predicted octanol–water partition coefficient (Wildman–Crippen LogP) is 0.0518. The molecular formula is C8H7N4+. The van der Waals surface area contributed by atoms with Crippen molar-refractivity contribution in [2.24, 2.45) is 0 Å². The van der Waals surface area contributed by atoms with Gasteiger partial charge in [-0.15, -0.1) is 0 Å². The van der Waals surface area contributed by atoms with Crippen LogP contribution in [0.4, 0.5) is 0 Å². The number of imidazole rings is 1. The fraction of sp³-hybridized carbons (Fsp3) is 0.125. The van der Waals surface area contributed by atoms with Crippen LogP contribution < -0.4 is 4.57 Å². The molecule has 0 spiro atoms. The molecule has 12 heavy (non-hydrogen) atoms. The van der Waals surface area contributed by atoms with E-state index in [4.69, 9.17) is 0 Å². The summed E-state index contributed by atoms with van der Waals surface area (Å²) in [5.74, 6) is 1.90. The van der Waals surface area contributed by atoms with Gasteiger partial charge in [-0.05, 0) is 4.98 Å². The van der Waals surface area contributed by atoms with E-state index in [0.29, 0.717) is 0 Å². The number of fused-ring (bicyclic) bond motifs is 3. The molecule has 0 saturated carbocycles. The third kappa shape index (κ3) is 0.592. The van der Waals surface area contributed by atoms with Crippen molar-refractivity contribution in [2.45, 2.75) is 6.67 Å². The Hall–Kier alpha value is -1.71. The zero-order chi connectivity index (χ0) is 7.97. The summed E-state index contributed by atoms with van der Waals surface area (Å²) in [4.78, 5) is 8.47. The SMILES string of the molecule is c1cnc2[n+](c1)Cn1ccnc1-2. The van der Waals surface area contributed by atoms with E-state index < -0.39 is 0 Å². The molecule has 0 aliphatic carbocycles. The van der Waals surface area contributed by atoms with Gasteiger partial charge in [-0.2, -0.15) is 0 Å². The monoisotopic (exact) mass is 159 g/mol. The smallest absolute Gasteiger partial charge is 0.287 e. The van der Waals surface area contributed by atoms with Gasteiger partial charge in [0.15, 0.2) is 6.67 Å². The summed E-state index contributed by atoms with van der Waals surface area (Å²) in [6.07, 6.45) is 7.56. The molecule has 0 aromatic carbocycles. The zero-order valence-electron chi connectivity index (χ0n) is 6.38. The lowest BCUT2D eigenvalue weighted by Gasteiger charge is -1.89. The minimum absolute atomic E-state index is 0.832. The summed E-state index contributed by atoms with van der Waals surface area (Å²) in [6.45, 7) is 0.832. The number of aromatic nitrogens is 4. The Morgan fingerprint density at radius 1 is 1.33 bits per heavy atom. The molecule has 4 nitrogen and oxygen atoms in total. The molecule has 2 aromatic rings. The third-order valence-electron chi connectivity index (χ3n) is 2.04. The number of hydrogen-bond acceptors (Lipinski definition) is 2. The van der Waals surface area contributed by atoms with Gasteiger partial charge in [-0.3, -0.25) is 4.57 Å².